The number of rotatable bonds is 3. The lowest BCUT2D eigenvalue weighted by atomic mass is 10.3. The monoisotopic (exact) mass is 174 g/mol. The number of halogens is 2. The fourth-order valence-electron chi connectivity index (χ4n) is 0.647. The molecule has 0 atom stereocenters. The standard InChI is InChI=1S/C6H5BClFO2/c8-11-7-10-6-3-1-2-5(9)4-6/h1-4,7H. The summed E-state index contributed by atoms with van der Waals surface area (Å²) in [5.74, 6) is 0.0442. The molecule has 0 aliphatic heterocycles. The van der Waals surface area contributed by atoms with Crippen LogP contribution in [0.15, 0.2) is 24.3 Å². The third kappa shape index (κ3) is 2.78. The van der Waals surface area contributed by atoms with Gasteiger partial charge in [0.1, 0.15) is 11.6 Å². The molecule has 1 aromatic rings. The third-order valence-corrected chi connectivity index (χ3v) is 1.16. The lowest BCUT2D eigenvalue weighted by Gasteiger charge is -2.00. The molecule has 11 heavy (non-hydrogen) atoms. The van der Waals surface area contributed by atoms with Crippen LogP contribution >= 0.6 is 11.9 Å². The first kappa shape index (κ1) is 8.36. The topological polar surface area (TPSA) is 18.5 Å². The summed E-state index contributed by atoms with van der Waals surface area (Å²) >= 11 is 4.87. The van der Waals surface area contributed by atoms with Crippen molar-refractivity contribution in [3.8, 4) is 5.75 Å². The van der Waals surface area contributed by atoms with Gasteiger partial charge in [0.2, 0.25) is 0 Å². The van der Waals surface area contributed by atoms with Gasteiger partial charge in [-0.05, 0) is 12.1 Å². The predicted molar refractivity (Wildman–Crippen MR) is 41.1 cm³/mol. The van der Waals surface area contributed by atoms with Gasteiger partial charge in [0.05, 0.1) is 0 Å². The molecule has 0 heterocycles. The molecular weight excluding hydrogens is 169 g/mol. The van der Waals surface area contributed by atoms with Gasteiger partial charge >= 0.3 is 7.69 Å². The SMILES string of the molecule is Fc1cccc(OBOCl)c1. The normalized spacial score (nSPS) is 9.27. The summed E-state index contributed by atoms with van der Waals surface area (Å²) in [6, 6.07) is 5.72. The van der Waals surface area contributed by atoms with Gasteiger partial charge in [0.25, 0.3) is 0 Å². The molecule has 0 bridgehead atoms. The molecule has 0 aliphatic rings. The Morgan fingerprint density at radius 2 is 2.27 bits per heavy atom. The second kappa shape index (κ2) is 4.21. The molecule has 0 saturated carbocycles. The van der Waals surface area contributed by atoms with Gasteiger partial charge in [0.15, 0.2) is 0 Å². The van der Waals surface area contributed by atoms with Crippen molar-refractivity contribution >= 4 is 19.6 Å². The van der Waals surface area contributed by atoms with E-state index in [0.717, 1.165) is 0 Å². The first-order valence-corrected chi connectivity index (χ1v) is 3.25. The smallest absolute Gasteiger partial charge is 0.523 e. The Morgan fingerprint density at radius 1 is 1.45 bits per heavy atom. The summed E-state index contributed by atoms with van der Waals surface area (Å²) in [6.45, 7) is 0. The van der Waals surface area contributed by atoms with Crippen molar-refractivity contribution in [2.24, 2.45) is 0 Å². The van der Waals surface area contributed by atoms with Gasteiger partial charge in [-0.1, -0.05) is 6.07 Å². The minimum atomic E-state index is -0.350. The molecule has 0 unspecified atom stereocenters. The lowest BCUT2D eigenvalue weighted by molar-refractivity contribution is 0.480. The van der Waals surface area contributed by atoms with Gasteiger partial charge in [0, 0.05) is 17.9 Å². The number of hydrogen-bond donors (Lipinski definition) is 0. The van der Waals surface area contributed by atoms with E-state index in [9.17, 15) is 4.39 Å². The Kier molecular flexibility index (Phi) is 3.20. The molecule has 0 spiro atoms. The van der Waals surface area contributed by atoms with Crippen molar-refractivity contribution < 1.29 is 13.3 Å². The summed E-state index contributed by atoms with van der Waals surface area (Å²) in [4.78, 5) is 0. The molecule has 0 aromatic heterocycles. The van der Waals surface area contributed by atoms with Crippen LogP contribution in [0, 0.1) is 5.82 Å². The Labute approximate surface area is 69.4 Å². The van der Waals surface area contributed by atoms with E-state index >= 15 is 0 Å². The van der Waals surface area contributed by atoms with Crippen molar-refractivity contribution in [1.82, 2.24) is 0 Å². The van der Waals surface area contributed by atoms with E-state index in [4.69, 9.17) is 16.5 Å². The van der Waals surface area contributed by atoms with E-state index in [0.29, 0.717) is 5.75 Å². The van der Waals surface area contributed by atoms with Gasteiger partial charge in [-0.2, -0.15) is 0 Å². The maximum atomic E-state index is 12.4. The molecule has 0 amide bonds. The highest BCUT2D eigenvalue weighted by molar-refractivity contribution is 6.31. The van der Waals surface area contributed by atoms with Gasteiger partial charge < -0.3 is 4.65 Å². The van der Waals surface area contributed by atoms with Crippen LogP contribution < -0.4 is 4.65 Å². The Hall–Kier alpha value is -0.735. The van der Waals surface area contributed by atoms with Crippen molar-refractivity contribution in [3.63, 3.8) is 0 Å². The molecular formula is C6H5BClFO2. The Morgan fingerprint density at radius 3 is 2.91 bits per heavy atom. The zero-order valence-electron chi connectivity index (χ0n) is 5.59. The van der Waals surface area contributed by atoms with E-state index in [2.05, 4.69) is 4.21 Å². The van der Waals surface area contributed by atoms with Crippen LogP contribution in [0.25, 0.3) is 0 Å². The van der Waals surface area contributed by atoms with Crippen molar-refractivity contribution in [2.75, 3.05) is 0 Å². The summed E-state index contributed by atoms with van der Waals surface area (Å²) in [5.41, 5.74) is 0. The fraction of sp³-hybridized carbons (Fsp3) is 0. The zero-order valence-corrected chi connectivity index (χ0v) is 6.34. The van der Waals surface area contributed by atoms with Crippen LogP contribution in [0.5, 0.6) is 5.75 Å². The lowest BCUT2D eigenvalue weighted by Crippen LogP contribution is -2.01. The predicted octanol–water partition coefficient (Wildman–Crippen LogP) is 1.64. The van der Waals surface area contributed by atoms with Gasteiger partial charge in [-0.25, -0.2) is 4.39 Å². The molecule has 0 saturated heterocycles. The van der Waals surface area contributed by atoms with Crippen LogP contribution in [0.2, 0.25) is 0 Å². The van der Waals surface area contributed by atoms with Crippen LogP contribution in [0.1, 0.15) is 0 Å². The van der Waals surface area contributed by atoms with Crippen molar-refractivity contribution in [1.29, 1.82) is 0 Å². The fourth-order valence-corrected chi connectivity index (χ4v) is 0.692. The van der Waals surface area contributed by atoms with Crippen molar-refractivity contribution in [3.05, 3.63) is 30.1 Å². The maximum absolute atomic E-state index is 12.4. The molecule has 1 rings (SSSR count). The zero-order chi connectivity index (χ0) is 8.10. The molecule has 0 aliphatic carbocycles. The van der Waals surface area contributed by atoms with Crippen LogP contribution in [-0.4, -0.2) is 7.69 Å². The summed E-state index contributed by atoms with van der Waals surface area (Å²) in [7, 11) is -0.0923. The molecule has 1 aromatic carbocycles. The molecule has 58 valence electrons. The largest absolute Gasteiger partial charge is 0.538 e. The second-order valence-electron chi connectivity index (χ2n) is 1.83. The average Bonchev–Trinajstić information content (AvgIpc) is 2.01. The van der Waals surface area contributed by atoms with E-state index in [1.54, 1.807) is 12.1 Å². The molecule has 2 nitrogen and oxygen atoms in total. The molecule has 0 N–H and O–H groups in total. The summed E-state index contributed by atoms with van der Waals surface area (Å²) < 4.78 is 21.4. The first-order chi connectivity index (χ1) is 5.33. The van der Waals surface area contributed by atoms with Crippen LogP contribution in [0.4, 0.5) is 4.39 Å². The highest BCUT2D eigenvalue weighted by atomic mass is 35.5. The molecule has 0 fully saturated rings. The van der Waals surface area contributed by atoms with Crippen LogP contribution in [0.3, 0.4) is 0 Å². The summed E-state index contributed by atoms with van der Waals surface area (Å²) in [5, 5.41) is 0. The van der Waals surface area contributed by atoms with E-state index in [-0.39, 0.29) is 13.5 Å². The number of benzene rings is 1. The quantitative estimate of drug-likeness (QED) is 0.649. The minimum Gasteiger partial charge on any atom is -0.538 e. The van der Waals surface area contributed by atoms with E-state index < -0.39 is 0 Å². The average molecular weight is 174 g/mol. The minimum absolute atomic E-state index is 0.0923. The van der Waals surface area contributed by atoms with Gasteiger partial charge in [-0.15, -0.1) is 0 Å². The van der Waals surface area contributed by atoms with E-state index in [1.165, 1.54) is 12.1 Å². The Balaban J connectivity index is 2.56. The number of hydrogen-bond acceptors (Lipinski definition) is 2. The van der Waals surface area contributed by atoms with Crippen molar-refractivity contribution in [2.45, 2.75) is 0 Å². The summed E-state index contributed by atoms with van der Waals surface area (Å²) in [6.07, 6.45) is 0. The highest BCUT2D eigenvalue weighted by Crippen LogP contribution is 2.10. The molecule has 0 radical (unpaired) electrons. The Bertz CT molecular complexity index is 234. The first-order valence-electron chi connectivity index (χ1n) is 2.95. The maximum Gasteiger partial charge on any atom is 0.523 e. The van der Waals surface area contributed by atoms with Crippen LogP contribution in [-0.2, 0) is 4.21 Å². The third-order valence-electron chi connectivity index (χ3n) is 1.07. The highest BCUT2D eigenvalue weighted by Gasteiger charge is 1.96. The van der Waals surface area contributed by atoms with E-state index in [1.807, 2.05) is 0 Å². The molecule has 5 heteroatoms. The second-order valence-corrected chi connectivity index (χ2v) is 2.05. The van der Waals surface area contributed by atoms with Gasteiger partial charge in [-0.3, -0.25) is 4.21 Å².